The molecular weight excluding hydrogens is 292 g/mol. The molecule has 0 aliphatic carbocycles. The Labute approximate surface area is 113 Å². The highest BCUT2D eigenvalue weighted by Crippen LogP contribution is 2.30. The molecular formula is C14H11BrN2O. The van der Waals surface area contributed by atoms with E-state index >= 15 is 0 Å². The number of aromatic nitrogens is 1. The van der Waals surface area contributed by atoms with Gasteiger partial charge in [0.25, 0.3) is 0 Å². The first-order chi connectivity index (χ1) is 8.65. The minimum Gasteiger partial charge on any atom is -0.381 e. The van der Waals surface area contributed by atoms with Gasteiger partial charge in [0.05, 0.1) is 0 Å². The van der Waals surface area contributed by atoms with E-state index in [1.807, 2.05) is 19.1 Å². The Hall–Kier alpha value is -1.81. The zero-order valence-corrected chi connectivity index (χ0v) is 11.4. The van der Waals surface area contributed by atoms with Gasteiger partial charge >= 0.3 is 0 Å². The van der Waals surface area contributed by atoms with Gasteiger partial charge in [-0.2, -0.15) is 0 Å². The first-order valence-corrected chi connectivity index (χ1v) is 6.36. The minimum atomic E-state index is 0.445. The summed E-state index contributed by atoms with van der Waals surface area (Å²) in [5.74, 6) is 1.18. The molecule has 3 aromatic rings. The summed E-state index contributed by atoms with van der Waals surface area (Å²) >= 11 is 3.47. The standard InChI is InChI=1S/C14H11BrN2O/c1-8-13(18-17-14(8)16)11-3-2-10-7-12(15)5-4-9(10)6-11/h2-7H,1H3,(H2,16,17). The van der Waals surface area contributed by atoms with E-state index in [0.29, 0.717) is 5.82 Å². The third kappa shape index (κ3) is 1.78. The summed E-state index contributed by atoms with van der Waals surface area (Å²) in [6.45, 7) is 1.91. The van der Waals surface area contributed by atoms with Crippen LogP contribution < -0.4 is 5.73 Å². The quantitative estimate of drug-likeness (QED) is 0.735. The maximum Gasteiger partial charge on any atom is 0.171 e. The fraction of sp³-hybridized carbons (Fsp3) is 0.0714. The Balaban J connectivity index is 2.19. The zero-order valence-electron chi connectivity index (χ0n) is 9.77. The lowest BCUT2D eigenvalue weighted by molar-refractivity contribution is 0.435. The summed E-state index contributed by atoms with van der Waals surface area (Å²) in [7, 11) is 0. The van der Waals surface area contributed by atoms with Crippen molar-refractivity contribution in [3.8, 4) is 11.3 Å². The second-order valence-electron chi connectivity index (χ2n) is 4.23. The molecule has 0 saturated carbocycles. The van der Waals surface area contributed by atoms with Crippen molar-refractivity contribution >= 4 is 32.5 Å². The van der Waals surface area contributed by atoms with E-state index in [4.69, 9.17) is 10.3 Å². The number of halogens is 1. The van der Waals surface area contributed by atoms with Crippen molar-refractivity contribution in [2.75, 3.05) is 5.73 Å². The lowest BCUT2D eigenvalue weighted by Crippen LogP contribution is -1.86. The first kappa shape index (κ1) is 11.3. The molecule has 4 heteroatoms. The highest BCUT2D eigenvalue weighted by molar-refractivity contribution is 9.10. The molecule has 2 aromatic carbocycles. The highest BCUT2D eigenvalue weighted by Gasteiger charge is 2.11. The molecule has 90 valence electrons. The molecule has 0 saturated heterocycles. The Bertz CT molecular complexity index is 734. The second-order valence-corrected chi connectivity index (χ2v) is 5.14. The number of rotatable bonds is 1. The van der Waals surface area contributed by atoms with Gasteiger partial charge in [0.1, 0.15) is 0 Å². The van der Waals surface area contributed by atoms with Crippen LogP contribution in [0.3, 0.4) is 0 Å². The van der Waals surface area contributed by atoms with E-state index in [0.717, 1.165) is 26.7 Å². The molecule has 0 bridgehead atoms. The van der Waals surface area contributed by atoms with Crippen molar-refractivity contribution in [1.82, 2.24) is 5.16 Å². The van der Waals surface area contributed by atoms with Crippen molar-refractivity contribution in [1.29, 1.82) is 0 Å². The smallest absolute Gasteiger partial charge is 0.171 e. The van der Waals surface area contributed by atoms with E-state index in [9.17, 15) is 0 Å². The number of benzene rings is 2. The lowest BCUT2D eigenvalue weighted by atomic mass is 10.0. The van der Waals surface area contributed by atoms with Crippen molar-refractivity contribution in [2.45, 2.75) is 6.92 Å². The molecule has 1 aromatic heterocycles. The van der Waals surface area contributed by atoms with Gasteiger partial charge in [-0.15, -0.1) is 0 Å². The highest BCUT2D eigenvalue weighted by atomic mass is 79.9. The molecule has 3 nitrogen and oxygen atoms in total. The maximum atomic E-state index is 5.70. The SMILES string of the molecule is Cc1c(N)noc1-c1ccc2cc(Br)ccc2c1. The molecule has 0 radical (unpaired) electrons. The molecule has 0 aliphatic heterocycles. The van der Waals surface area contributed by atoms with E-state index in [1.165, 1.54) is 5.39 Å². The monoisotopic (exact) mass is 302 g/mol. The van der Waals surface area contributed by atoms with Crippen LogP contribution in [0.4, 0.5) is 5.82 Å². The van der Waals surface area contributed by atoms with Gasteiger partial charge in [-0.1, -0.05) is 39.3 Å². The molecule has 1 heterocycles. The van der Waals surface area contributed by atoms with Gasteiger partial charge in [0.15, 0.2) is 11.6 Å². The summed E-state index contributed by atoms with van der Waals surface area (Å²) in [5, 5.41) is 6.12. The number of anilines is 1. The molecule has 2 N–H and O–H groups in total. The van der Waals surface area contributed by atoms with Crippen LogP contribution in [0.15, 0.2) is 45.4 Å². The van der Waals surface area contributed by atoms with Gasteiger partial charge in [0.2, 0.25) is 0 Å². The summed E-state index contributed by atoms with van der Waals surface area (Å²) in [4.78, 5) is 0. The van der Waals surface area contributed by atoms with Crippen molar-refractivity contribution < 1.29 is 4.52 Å². The predicted molar refractivity (Wildman–Crippen MR) is 76.3 cm³/mol. The molecule has 18 heavy (non-hydrogen) atoms. The van der Waals surface area contributed by atoms with Crippen LogP contribution in [0.1, 0.15) is 5.56 Å². The van der Waals surface area contributed by atoms with Crippen molar-refractivity contribution in [3.05, 3.63) is 46.4 Å². The average molecular weight is 303 g/mol. The fourth-order valence-corrected chi connectivity index (χ4v) is 2.35. The van der Waals surface area contributed by atoms with E-state index in [-0.39, 0.29) is 0 Å². The number of hydrogen-bond acceptors (Lipinski definition) is 3. The Kier molecular flexibility index (Phi) is 2.59. The van der Waals surface area contributed by atoms with Crippen LogP contribution in [-0.2, 0) is 0 Å². The van der Waals surface area contributed by atoms with Gasteiger partial charge in [0, 0.05) is 15.6 Å². The zero-order chi connectivity index (χ0) is 12.7. The first-order valence-electron chi connectivity index (χ1n) is 5.56. The average Bonchev–Trinajstić information content (AvgIpc) is 2.69. The largest absolute Gasteiger partial charge is 0.381 e. The molecule has 3 rings (SSSR count). The van der Waals surface area contributed by atoms with Crippen LogP contribution in [-0.4, -0.2) is 5.16 Å². The number of nitrogen functional groups attached to an aromatic ring is 1. The minimum absolute atomic E-state index is 0.445. The molecule has 0 aliphatic rings. The molecule has 0 amide bonds. The molecule has 0 atom stereocenters. The number of nitrogens with zero attached hydrogens (tertiary/aromatic N) is 1. The summed E-state index contributed by atoms with van der Waals surface area (Å²) < 4.78 is 6.34. The Morgan fingerprint density at radius 3 is 2.56 bits per heavy atom. The second kappa shape index (κ2) is 4.14. The van der Waals surface area contributed by atoms with E-state index in [1.54, 1.807) is 0 Å². The van der Waals surface area contributed by atoms with Gasteiger partial charge in [-0.25, -0.2) is 0 Å². The number of fused-ring (bicyclic) bond motifs is 1. The Morgan fingerprint density at radius 2 is 1.83 bits per heavy atom. The van der Waals surface area contributed by atoms with E-state index < -0.39 is 0 Å². The van der Waals surface area contributed by atoms with Crippen molar-refractivity contribution in [3.63, 3.8) is 0 Å². The number of nitrogens with two attached hydrogens (primary N) is 1. The summed E-state index contributed by atoms with van der Waals surface area (Å²) in [5.41, 5.74) is 7.57. The number of hydrogen-bond donors (Lipinski definition) is 1. The molecule has 0 spiro atoms. The Morgan fingerprint density at radius 1 is 1.11 bits per heavy atom. The molecule has 0 unspecified atom stereocenters. The van der Waals surface area contributed by atoms with Crippen LogP contribution >= 0.6 is 15.9 Å². The van der Waals surface area contributed by atoms with Crippen LogP contribution in [0, 0.1) is 6.92 Å². The van der Waals surface area contributed by atoms with Crippen LogP contribution in [0.25, 0.3) is 22.1 Å². The van der Waals surface area contributed by atoms with Gasteiger partial charge in [-0.05, 0) is 35.9 Å². The van der Waals surface area contributed by atoms with Gasteiger partial charge < -0.3 is 10.3 Å². The van der Waals surface area contributed by atoms with Crippen LogP contribution in [0.2, 0.25) is 0 Å². The maximum absolute atomic E-state index is 5.70. The lowest BCUT2D eigenvalue weighted by Gasteiger charge is -2.02. The van der Waals surface area contributed by atoms with Crippen LogP contribution in [0.5, 0.6) is 0 Å². The summed E-state index contributed by atoms with van der Waals surface area (Å²) in [6.07, 6.45) is 0. The normalized spacial score (nSPS) is 11.0. The molecule has 0 fully saturated rings. The predicted octanol–water partition coefficient (Wildman–Crippen LogP) is 4.15. The van der Waals surface area contributed by atoms with Crippen molar-refractivity contribution in [2.24, 2.45) is 0 Å². The topological polar surface area (TPSA) is 52.0 Å². The van der Waals surface area contributed by atoms with E-state index in [2.05, 4.69) is 45.4 Å². The third-order valence-electron chi connectivity index (χ3n) is 3.02. The fourth-order valence-electron chi connectivity index (χ4n) is 1.98. The third-order valence-corrected chi connectivity index (χ3v) is 3.52. The van der Waals surface area contributed by atoms with Gasteiger partial charge in [-0.3, -0.25) is 0 Å². The summed E-state index contributed by atoms with van der Waals surface area (Å²) in [6, 6.07) is 12.3.